The van der Waals surface area contributed by atoms with Crippen molar-refractivity contribution in [3.63, 3.8) is 0 Å². The molecule has 0 aliphatic carbocycles. The molecule has 0 N–H and O–H groups in total. The van der Waals surface area contributed by atoms with Crippen LogP contribution in [-0.2, 0) is 4.79 Å². The van der Waals surface area contributed by atoms with Gasteiger partial charge in [0.15, 0.2) is 0 Å². The van der Waals surface area contributed by atoms with Gasteiger partial charge in [-0.1, -0.05) is 6.92 Å². The lowest BCUT2D eigenvalue weighted by atomic mass is 10.2. The smallest absolute Gasteiger partial charge is 0.223 e. The zero-order valence-electron chi connectivity index (χ0n) is 8.33. The molecular weight excluding hydrogens is 164 g/mol. The van der Waals surface area contributed by atoms with Gasteiger partial charge in [-0.3, -0.25) is 9.69 Å². The Morgan fingerprint density at radius 1 is 1.46 bits per heavy atom. The molecule has 1 atom stereocenters. The molecule has 1 unspecified atom stereocenters. The highest BCUT2D eigenvalue weighted by Crippen LogP contribution is 2.17. The normalized spacial score (nSPS) is 30.4. The average Bonchev–Trinajstić information content (AvgIpc) is 2.64. The summed E-state index contributed by atoms with van der Waals surface area (Å²) in [6.45, 7) is 6.48. The summed E-state index contributed by atoms with van der Waals surface area (Å²) in [6.07, 6.45) is 3.12. The van der Waals surface area contributed by atoms with Crippen molar-refractivity contribution in [1.29, 1.82) is 0 Å². The summed E-state index contributed by atoms with van der Waals surface area (Å²) >= 11 is 0. The van der Waals surface area contributed by atoms with Crippen LogP contribution in [0.4, 0.5) is 0 Å². The lowest BCUT2D eigenvalue weighted by molar-refractivity contribution is -0.129. The van der Waals surface area contributed by atoms with Crippen LogP contribution >= 0.6 is 0 Å². The third-order valence-electron chi connectivity index (χ3n) is 3.05. The highest BCUT2D eigenvalue weighted by Gasteiger charge is 2.25. The predicted molar refractivity (Wildman–Crippen MR) is 51.2 cm³/mol. The molecule has 2 fully saturated rings. The molecule has 0 aromatic rings. The van der Waals surface area contributed by atoms with Crippen LogP contribution in [0.3, 0.4) is 0 Å². The van der Waals surface area contributed by atoms with Crippen molar-refractivity contribution in [3.8, 4) is 0 Å². The molecule has 2 saturated heterocycles. The zero-order valence-corrected chi connectivity index (χ0v) is 8.33. The SMILES string of the molecule is CC1CCN(CN2CCCC2=O)C1. The van der Waals surface area contributed by atoms with Gasteiger partial charge in [0.05, 0.1) is 6.67 Å². The largest absolute Gasteiger partial charge is 0.330 e. The first-order valence-corrected chi connectivity index (χ1v) is 5.26. The summed E-state index contributed by atoms with van der Waals surface area (Å²) in [6, 6.07) is 0. The Bertz CT molecular complexity index is 205. The fourth-order valence-corrected chi connectivity index (χ4v) is 2.25. The maximum absolute atomic E-state index is 11.3. The van der Waals surface area contributed by atoms with E-state index in [9.17, 15) is 4.79 Å². The molecular formula is C10H18N2O. The standard InChI is InChI=1S/C10H18N2O/c1-9-4-6-11(7-9)8-12-5-2-3-10(12)13/h9H,2-8H2,1H3. The van der Waals surface area contributed by atoms with Gasteiger partial charge in [-0.2, -0.15) is 0 Å². The molecule has 3 heteroatoms. The second-order valence-corrected chi connectivity index (χ2v) is 4.37. The van der Waals surface area contributed by atoms with E-state index < -0.39 is 0 Å². The monoisotopic (exact) mass is 182 g/mol. The Labute approximate surface area is 79.7 Å². The van der Waals surface area contributed by atoms with Gasteiger partial charge in [0.2, 0.25) is 5.91 Å². The van der Waals surface area contributed by atoms with E-state index in [2.05, 4.69) is 11.8 Å². The van der Waals surface area contributed by atoms with Crippen LogP contribution in [0.2, 0.25) is 0 Å². The molecule has 1 amide bonds. The number of carbonyl (C=O) groups is 1. The molecule has 74 valence electrons. The van der Waals surface area contributed by atoms with Gasteiger partial charge in [-0.15, -0.1) is 0 Å². The van der Waals surface area contributed by atoms with E-state index in [-0.39, 0.29) is 0 Å². The van der Waals surface area contributed by atoms with Crippen LogP contribution in [0.1, 0.15) is 26.2 Å². The number of rotatable bonds is 2. The Morgan fingerprint density at radius 3 is 2.85 bits per heavy atom. The third kappa shape index (κ3) is 2.02. The fraction of sp³-hybridized carbons (Fsp3) is 0.900. The minimum Gasteiger partial charge on any atom is -0.330 e. The van der Waals surface area contributed by atoms with Gasteiger partial charge in [0, 0.05) is 26.1 Å². The predicted octanol–water partition coefficient (Wildman–Crippen LogP) is 0.908. The Morgan fingerprint density at radius 2 is 2.31 bits per heavy atom. The number of hydrogen-bond acceptors (Lipinski definition) is 2. The van der Waals surface area contributed by atoms with Crippen LogP contribution in [0.15, 0.2) is 0 Å². The van der Waals surface area contributed by atoms with E-state index in [1.54, 1.807) is 0 Å². The lowest BCUT2D eigenvalue weighted by Gasteiger charge is -2.23. The second kappa shape index (κ2) is 3.66. The highest BCUT2D eigenvalue weighted by molar-refractivity contribution is 5.77. The first kappa shape index (κ1) is 9.00. The summed E-state index contributed by atoms with van der Waals surface area (Å²) < 4.78 is 0. The van der Waals surface area contributed by atoms with Gasteiger partial charge < -0.3 is 4.90 Å². The highest BCUT2D eigenvalue weighted by atomic mass is 16.2. The first-order chi connectivity index (χ1) is 6.25. The molecule has 13 heavy (non-hydrogen) atoms. The number of amides is 1. The van der Waals surface area contributed by atoms with Gasteiger partial charge in [-0.05, 0) is 18.8 Å². The molecule has 0 aromatic carbocycles. The molecule has 0 radical (unpaired) electrons. The third-order valence-corrected chi connectivity index (χ3v) is 3.05. The molecule has 3 nitrogen and oxygen atoms in total. The van der Waals surface area contributed by atoms with Crippen LogP contribution in [0, 0.1) is 5.92 Å². The number of nitrogens with zero attached hydrogens (tertiary/aromatic N) is 2. The summed E-state index contributed by atoms with van der Waals surface area (Å²) in [4.78, 5) is 15.7. The van der Waals surface area contributed by atoms with Crippen LogP contribution in [0.25, 0.3) is 0 Å². The minimum absolute atomic E-state index is 0.347. The van der Waals surface area contributed by atoms with Gasteiger partial charge >= 0.3 is 0 Å². The molecule has 0 aromatic heterocycles. The van der Waals surface area contributed by atoms with Crippen molar-refractivity contribution < 1.29 is 4.79 Å². The molecule has 2 aliphatic rings. The van der Waals surface area contributed by atoms with E-state index in [1.165, 1.54) is 19.5 Å². The van der Waals surface area contributed by atoms with E-state index in [1.807, 2.05) is 4.90 Å². The van der Waals surface area contributed by atoms with E-state index in [0.717, 1.165) is 32.0 Å². The van der Waals surface area contributed by atoms with Crippen molar-refractivity contribution in [2.45, 2.75) is 26.2 Å². The summed E-state index contributed by atoms with van der Waals surface area (Å²) in [5, 5.41) is 0. The van der Waals surface area contributed by atoms with E-state index in [0.29, 0.717) is 5.91 Å². The molecule has 2 aliphatic heterocycles. The Balaban J connectivity index is 1.81. The van der Waals surface area contributed by atoms with Crippen LogP contribution < -0.4 is 0 Å². The van der Waals surface area contributed by atoms with E-state index >= 15 is 0 Å². The van der Waals surface area contributed by atoms with Gasteiger partial charge in [0.1, 0.15) is 0 Å². The molecule has 2 heterocycles. The van der Waals surface area contributed by atoms with Crippen LogP contribution in [-0.4, -0.2) is 42.0 Å². The van der Waals surface area contributed by atoms with Gasteiger partial charge in [-0.25, -0.2) is 0 Å². The van der Waals surface area contributed by atoms with E-state index in [4.69, 9.17) is 0 Å². The van der Waals surface area contributed by atoms with Crippen molar-refractivity contribution in [3.05, 3.63) is 0 Å². The Kier molecular flexibility index (Phi) is 2.54. The summed E-state index contributed by atoms with van der Waals surface area (Å²) in [5.74, 6) is 1.16. The van der Waals surface area contributed by atoms with Crippen molar-refractivity contribution in [2.75, 3.05) is 26.3 Å². The quantitative estimate of drug-likeness (QED) is 0.633. The first-order valence-electron chi connectivity index (χ1n) is 5.26. The van der Waals surface area contributed by atoms with Crippen molar-refractivity contribution in [2.24, 2.45) is 5.92 Å². The molecule has 2 rings (SSSR count). The van der Waals surface area contributed by atoms with Crippen molar-refractivity contribution >= 4 is 5.91 Å². The fourth-order valence-electron chi connectivity index (χ4n) is 2.25. The molecule has 0 saturated carbocycles. The lowest BCUT2D eigenvalue weighted by Crippen LogP contribution is -2.37. The average molecular weight is 182 g/mol. The molecule has 0 spiro atoms. The number of carbonyl (C=O) groups excluding carboxylic acids is 1. The zero-order chi connectivity index (χ0) is 9.26. The summed E-state index contributed by atoms with van der Waals surface area (Å²) in [5.41, 5.74) is 0. The Hall–Kier alpha value is -0.570. The maximum atomic E-state index is 11.3. The van der Waals surface area contributed by atoms with Crippen molar-refractivity contribution in [1.82, 2.24) is 9.80 Å². The maximum Gasteiger partial charge on any atom is 0.223 e. The minimum atomic E-state index is 0.347. The van der Waals surface area contributed by atoms with Crippen LogP contribution in [0.5, 0.6) is 0 Å². The van der Waals surface area contributed by atoms with Gasteiger partial charge in [0.25, 0.3) is 0 Å². The second-order valence-electron chi connectivity index (χ2n) is 4.37. The molecule has 0 bridgehead atoms. The number of hydrogen-bond donors (Lipinski definition) is 0. The topological polar surface area (TPSA) is 23.6 Å². The number of likely N-dealkylation sites (tertiary alicyclic amines) is 2. The summed E-state index contributed by atoms with van der Waals surface area (Å²) in [7, 11) is 0.